The van der Waals surface area contributed by atoms with Crippen molar-refractivity contribution in [2.24, 2.45) is 0 Å². The third-order valence-corrected chi connectivity index (χ3v) is 3.08. The van der Waals surface area contributed by atoms with Gasteiger partial charge in [-0.3, -0.25) is 4.79 Å². The molecule has 0 saturated carbocycles. The van der Waals surface area contributed by atoms with E-state index < -0.39 is 11.8 Å². The molecule has 2 aromatic rings. The number of amides is 1. The second kappa shape index (κ2) is 6.17. The van der Waals surface area contributed by atoms with Crippen molar-refractivity contribution in [3.8, 4) is 0 Å². The van der Waals surface area contributed by atoms with Crippen molar-refractivity contribution in [1.29, 1.82) is 0 Å². The van der Waals surface area contributed by atoms with Crippen LogP contribution >= 0.6 is 0 Å². The van der Waals surface area contributed by atoms with E-state index in [9.17, 15) is 14.0 Å². The zero-order chi connectivity index (χ0) is 15.4. The number of hydrogen-bond donors (Lipinski definition) is 1. The molecule has 108 valence electrons. The molecule has 0 heterocycles. The van der Waals surface area contributed by atoms with Crippen LogP contribution in [0, 0.1) is 5.82 Å². The molecule has 0 atom stereocenters. The molecule has 21 heavy (non-hydrogen) atoms. The van der Waals surface area contributed by atoms with Gasteiger partial charge in [0.25, 0.3) is 5.91 Å². The topological polar surface area (TPSA) is 57.6 Å². The van der Waals surface area contributed by atoms with Crippen molar-refractivity contribution in [3.05, 3.63) is 65.5 Å². The van der Waals surface area contributed by atoms with E-state index in [0.717, 1.165) is 0 Å². The molecule has 4 nitrogen and oxygen atoms in total. The van der Waals surface area contributed by atoms with Crippen molar-refractivity contribution in [1.82, 2.24) is 0 Å². The van der Waals surface area contributed by atoms with Gasteiger partial charge in [-0.05, 0) is 43.3 Å². The number of carboxylic acid groups (broad SMARTS) is 1. The van der Waals surface area contributed by atoms with Crippen LogP contribution in [0.25, 0.3) is 0 Å². The Bertz CT molecular complexity index is 667. The molecular formula is C16H14FNO3. The van der Waals surface area contributed by atoms with Gasteiger partial charge < -0.3 is 10.0 Å². The lowest BCUT2D eigenvalue weighted by molar-refractivity contribution is 0.0696. The lowest BCUT2D eigenvalue weighted by atomic mass is 10.1. The third-order valence-electron chi connectivity index (χ3n) is 3.08. The summed E-state index contributed by atoms with van der Waals surface area (Å²) < 4.78 is 13.8. The van der Waals surface area contributed by atoms with Crippen molar-refractivity contribution in [2.45, 2.75) is 6.92 Å². The van der Waals surface area contributed by atoms with Crippen molar-refractivity contribution in [3.63, 3.8) is 0 Å². The Morgan fingerprint density at radius 1 is 1.05 bits per heavy atom. The molecule has 0 aromatic heterocycles. The van der Waals surface area contributed by atoms with Crippen LogP contribution in [0.15, 0.2) is 48.5 Å². The third kappa shape index (κ3) is 3.08. The highest BCUT2D eigenvalue weighted by molar-refractivity contribution is 6.06. The Balaban J connectivity index is 2.32. The minimum absolute atomic E-state index is 0.0977. The van der Waals surface area contributed by atoms with Crippen LogP contribution < -0.4 is 4.90 Å². The predicted octanol–water partition coefficient (Wildman–Crippen LogP) is 3.19. The Morgan fingerprint density at radius 3 is 2.14 bits per heavy atom. The first-order chi connectivity index (χ1) is 10.0. The maximum atomic E-state index is 13.8. The zero-order valence-electron chi connectivity index (χ0n) is 11.4. The van der Waals surface area contributed by atoms with Gasteiger partial charge in [0.1, 0.15) is 5.82 Å². The number of anilines is 1. The van der Waals surface area contributed by atoms with Gasteiger partial charge in [0.15, 0.2) is 0 Å². The standard InChI is InChI=1S/C16H14FNO3/c1-2-18(14-6-4-3-5-13(14)17)15(19)11-7-9-12(10-8-11)16(20)21/h3-10H,2H2,1H3,(H,20,21). The van der Waals surface area contributed by atoms with Crippen LogP contribution in [0.1, 0.15) is 27.6 Å². The van der Waals surface area contributed by atoms with Crippen LogP contribution in [0.2, 0.25) is 0 Å². The van der Waals surface area contributed by atoms with E-state index in [-0.39, 0.29) is 17.2 Å². The second-order valence-electron chi connectivity index (χ2n) is 4.38. The van der Waals surface area contributed by atoms with Gasteiger partial charge >= 0.3 is 5.97 Å². The van der Waals surface area contributed by atoms with E-state index >= 15 is 0 Å². The highest BCUT2D eigenvalue weighted by Crippen LogP contribution is 2.21. The summed E-state index contributed by atoms with van der Waals surface area (Å²) in [6.45, 7) is 2.05. The zero-order valence-corrected chi connectivity index (χ0v) is 11.4. The number of para-hydroxylation sites is 1. The molecule has 0 spiro atoms. The van der Waals surface area contributed by atoms with E-state index in [1.54, 1.807) is 19.1 Å². The first-order valence-corrected chi connectivity index (χ1v) is 6.44. The van der Waals surface area contributed by atoms with Gasteiger partial charge in [-0.2, -0.15) is 0 Å². The highest BCUT2D eigenvalue weighted by Gasteiger charge is 2.19. The number of halogens is 1. The number of carbonyl (C=O) groups excluding carboxylic acids is 1. The van der Waals surface area contributed by atoms with Crippen molar-refractivity contribution < 1.29 is 19.1 Å². The fourth-order valence-electron chi connectivity index (χ4n) is 2.01. The maximum Gasteiger partial charge on any atom is 0.335 e. The lowest BCUT2D eigenvalue weighted by Crippen LogP contribution is -2.31. The van der Waals surface area contributed by atoms with Crippen LogP contribution in [-0.4, -0.2) is 23.5 Å². The van der Waals surface area contributed by atoms with E-state index in [4.69, 9.17) is 5.11 Å². The number of aromatic carboxylic acids is 1. The minimum Gasteiger partial charge on any atom is -0.478 e. The second-order valence-corrected chi connectivity index (χ2v) is 4.38. The molecule has 0 aliphatic heterocycles. The molecule has 2 rings (SSSR count). The van der Waals surface area contributed by atoms with Gasteiger partial charge in [0.2, 0.25) is 0 Å². The number of hydrogen-bond acceptors (Lipinski definition) is 2. The van der Waals surface area contributed by atoms with E-state index in [2.05, 4.69) is 0 Å². The Morgan fingerprint density at radius 2 is 1.62 bits per heavy atom. The number of carboxylic acids is 1. The van der Waals surface area contributed by atoms with Crippen LogP contribution in [0.4, 0.5) is 10.1 Å². The Kier molecular flexibility index (Phi) is 4.33. The molecule has 2 aromatic carbocycles. The normalized spacial score (nSPS) is 10.2. The predicted molar refractivity (Wildman–Crippen MR) is 77.2 cm³/mol. The van der Waals surface area contributed by atoms with Crippen LogP contribution in [0.3, 0.4) is 0 Å². The van der Waals surface area contributed by atoms with Gasteiger partial charge in [0.05, 0.1) is 11.3 Å². The fraction of sp³-hybridized carbons (Fsp3) is 0.125. The first-order valence-electron chi connectivity index (χ1n) is 6.44. The average Bonchev–Trinajstić information content (AvgIpc) is 2.50. The molecule has 1 amide bonds. The molecule has 0 bridgehead atoms. The van der Waals surface area contributed by atoms with Gasteiger partial charge in [-0.15, -0.1) is 0 Å². The van der Waals surface area contributed by atoms with Crippen LogP contribution in [-0.2, 0) is 0 Å². The Labute approximate surface area is 121 Å². The highest BCUT2D eigenvalue weighted by atomic mass is 19.1. The monoisotopic (exact) mass is 287 g/mol. The number of rotatable bonds is 4. The summed E-state index contributed by atoms with van der Waals surface area (Å²) in [6.07, 6.45) is 0. The summed E-state index contributed by atoms with van der Waals surface area (Å²) in [6, 6.07) is 11.6. The molecule has 0 aliphatic carbocycles. The molecule has 0 fully saturated rings. The molecular weight excluding hydrogens is 273 g/mol. The van der Waals surface area contributed by atoms with E-state index in [1.165, 1.54) is 41.3 Å². The lowest BCUT2D eigenvalue weighted by Gasteiger charge is -2.21. The summed E-state index contributed by atoms with van der Waals surface area (Å²) in [5.41, 5.74) is 0.609. The first kappa shape index (κ1) is 14.7. The fourth-order valence-corrected chi connectivity index (χ4v) is 2.01. The SMILES string of the molecule is CCN(C(=O)c1ccc(C(=O)O)cc1)c1ccccc1F. The quantitative estimate of drug-likeness (QED) is 0.939. The molecule has 0 aliphatic rings. The summed E-state index contributed by atoms with van der Waals surface area (Å²) in [7, 11) is 0. The van der Waals surface area contributed by atoms with Gasteiger partial charge in [-0.1, -0.05) is 12.1 Å². The Hall–Kier alpha value is -2.69. The molecule has 5 heteroatoms. The van der Waals surface area contributed by atoms with Gasteiger partial charge in [0, 0.05) is 12.1 Å². The van der Waals surface area contributed by atoms with Gasteiger partial charge in [-0.25, -0.2) is 9.18 Å². The van der Waals surface area contributed by atoms with Crippen molar-refractivity contribution in [2.75, 3.05) is 11.4 Å². The molecule has 0 saturated heterocycles. The molecule has 0 unspecified atom stereocenters. The van der Waals surface area contributed by atoms with Crippen molar-refractivity contribution >= 4 is 17.6 Å². The summed E-state index contributed by atoms with van der Waals surface area (Å²) >= 11 is 0. The molecule has 1 N–H and O–H groups in total. The van der Waals surface area contributed by atoms with E-state index in [0.29, 0.717) is 12.1 Å². The van der Waals surface area contributed by atoms with E-state index in [1.807, 2.05) is 0 Å². The maximum absolute atomic E-state index is 13.8. The smallest absolute Gasteiger partial charge is 0.335 e. The summed E-state index contributed by atoms with van der Waals surface area (Å²) in [4.78, 5) is 24.5. The number of carbonyl (C=O) groups is 2. The number of nitrogens with zero attached hydrogens (tertiary/aromatic N) is 1. The minimum atomic E-state index is -1.06. The summed E-state index contributed by atoms with van der Waals surface area (Å²) in [5.74, 6) is -1.91. The van der Waals surface area contributed by atoms with Crippen LogP contribution in [0.5, 0.6) is 0 Å². The number of benzene rings is 2. The largest absolute Gasteiger partial charge is 0.478 e. The summed E-state index contributed by atoms with van der Waals surface area (Å²) in [5, 5.41) is 8.84. The average molecular weight is 287 g/mol. The molecule has 0 radical (unpaired) electrons.